The van der Waals surface area contributed by atoms with E-state index in [1.807, 2.05) is 12.3 Å². The molecule has 1 aliphatic rings. The Hall–Kier alpha value is -1.66. The molecular formula is C15H22N2O4. The van der Waals surface area contributed by atoms with Gasteiger partial charge in [-0.05, 0) is 18.9 Å². The van der Waals surface area contributed by atoms with Crippen molar-refractivity contribution in [2.45, 2.75) is 31.9 Å². The Bertz CT molecular complexity index is 506. The molecule has 2 heterocycles. The van der Waals surface area contributed by atoms with Crippen molar-refractivity contribution in [2.24, 2.45) is 0 Å². The molecule has 2 rings (SSSR count). The van der Waals surface area contributed by atoms with Crippen LogP contribution in [0.4, 0.5) is 0 Å². The number of carboxylic acids is 1. The number of nitrogens with zero attached hydrogens (tertiary/aromatic N) is 2. The molecule has 0 radical (unpaired) electrons. The summed E-state index contributed by atoms with van der Waals surface area (Å²) in [5.41, 5.74) is 0.0318. The monoisotopic (exact) mass is 294 g/mol. The summed E-state index contributed by atoms with van der Waals surface area (Å²) >= 11 is 0. The van der Waals surface area contributed by atoms with Crippen LogP contribution in [0.5, 0.6) is 0 Å². The first-order valence-corrected chi connectivity index (χ1v) is 7.36. The minimum Gasteiger partial charge on any atom is -0.481 e. The van der Waals surface area contributed by atoms with Crippen molar-refractivity contribution in [3.63, 3.8) is 0 Å². The van der Waals surface area contributed by atoms with Crippen molar-refractivity contribution < 1.29 is 14.6 Å². The van der Waals surface area contributed by atoms with Crippen molar-refractivity contribution in [1.29, 1.82) is 0 Å². The zero-order chi connectivity index (χ0) is 15.1. The summed E-state index contributed by atoms with van der Waals surface area (Å²) < 4.78 is 7.28. The minimum atomic E-state index is -0.819. The molecule has 0 unspecified atom stereocenters. The molecule has 0 atom stereocenters. The van der Waals surface area contributed by atoms with Crippen LogP contribution < -0.4 is 5.56 Å². The van der Waals surface area contributed by atoms with Crippen LogP contribution in [-0.4, -0.2) is 52.9 Å². The number of hydrogen-bond donors (Lipinski definition) is 1. The predicted octanol–water partition coefficient (Wildman–Crippen LogP) is 0.804. The van der Waals surface area contributed by atoms with Crippen molar-refractivity contribution in [3.05, 3.63) is 34.7 Å². The van der Waals surface area contributed by atoms with Gasteiger partial charge in [-0.2, -0.15) is 0 Å². The fourth-order valence-corrected chi connectivity index (χ4v) is 2.51. The van der Waals surface area contributed by atoms with E-state index < -0.39 is 5.97 Å². The van der Waals surface area contributed by atoms with Crippen LogP contribution >= 0.6 is 0 Å². The lowest BCUT2D eigenvalue weighted by Crippen LogP contribution is -2.39. The molecule has 0 aliphatic carbocycles. The number of piperidine rings is 1. The lowest BCUT2D eigenvalue weighted by atomic mass is 10.1. The normalized spacial score (nSPS) is 17.0. The Kier molecular flexibility index (Phi) is 5.95. The van der Waals surface area contributed by atoms with Crippen LogP contribution in [-0.2, 0) is 16.1 Å². The van der Waals surface area contributed by atoms with E-state index in [2.05, 4.69) is 4.90 Å². The number of ether oxygens (including phenoxy) is 1. The Morgan fingerprint density at radius 3 is 2.71 bits per heavy atom. The van der Waals surface area contributed by atoms with Gasteiger partial charge in [-0.15, -0.1) is 0 Å². The maximum absolute atomic E-state index is 11.6. The van der Waals surface area contributed by atoms with Gasteiger partial charge in [0.15, 0.2) is 0 Å². The van der Waals surface area contributed by atoms with Crippen molar-refractivity contribution >= 4 is 5.97 Å². The van der Waals surface area contributed by atoms with E-state index in [9.17, 15) is 9.59 Å². The molecule has 1 aliphatic heterocycles. The second kappa shape index (κ2) is 7.95. The number of rotatable bonds is 7. The van der Waals surface area contributed by atoms with Gasteiger partial charge < -0.3 is 19.3 Å². The van der Waals surface area contributed by atoms with Crippen LogP contribution in [0, 0.1) is 0 Å². The van der Waals surface area contributed by atoms with E-state index in [1.165, 1.54) is 0 Å². The molecule has 116 valence electrons. The predicted molar refractivity (Wildman–Crippen MR) is 78.4 cm³/mol. The molecule has 0 amide bonds. The first-order valence-electron chi connectivity index (χ1n) is 7.36. The lowest BCUT2D eigenvalue weighted by molar-refractivity contribution is -0.138. The first kappa shape index (κ1) is 15.7. The van der Waals surface area contributed by atoms with E-state index in [4.69, 9.17) is 9.84 Å². The van der Waals surface area contributed by atoms with E-state index in [0.717, 1.165) is 32.5 Å². The minimum absolute atomic E-state index is 0.0318. The highest BCUT2D eigenvalue weighted by Gasteiger charge is 2.19. The maximum atomic E-state index is 11.6. The summed E-state index contributed by atoms with van der Waals surface area (Å²) in [6, 6.07) is 5.19. The summed E-state index contributed by atoms with van der Waals surface area (Å²) in [6.07, 6.45) is 3.88. The third-order valence-electron chi connectivity index (χ3n) is 3.76. The van der Waals surface area contributed by atoms with E-state index in [-0.39, 0.29) is 18.1 Å². The highest BCUT2D eigenvalue weighted by molar-refractivity contribution is 5.66. The van der Waals surface area contributed by atoms with Gasteiger partial charge >= 0.3 is 5.97 Å². The molecule has 21 heavy (non-hydrogen) atoms. The standard InChI is InChI=1S/C15H22N2O4/c18-14-3-1-2-7-17(14)11-10-16-8-4-13(5-9-16)21-12-6-15(19)20/h1-3,7,13H,4-6,8-12H2,(H,19,20). The summed E-state index contributed by atoms with van der Waals surface area (Å²) in [5.74, 6) is -0.819. The van der Waals surface area contributed by atoms with Crippen LogP contribution in [0.2, 0.25) is 0 Å². The summed E-state index contributed by atoms with van der Waals surface area (Å²) in [7, 11) is 0. The second-order valence-electron chi connectivity index (χ2n) is 5.29. The molecule has 6 heteroatoms. The smallest absolute Gasteiger partial charge is 0.305 e. The average molecular weight is 294 g/mol. The fraction of sp³-hybridized carbons (Fsp3) is 0.600. The Balaban J connectivity index is 1.66. The lowest BCUT2D eigenvalue weighted by Gasteiger charge is -2.31. The van der Waals surface area contributed by atoms with Gasteiger partial charge in [0.2, 0.25) is 0 Å². The molecule has 1 aromatic rings. The summed E-state index contributed by atoms with van der Waals surface area (Å²) in [5, 5.41) is 8.57. The van der Waals surface area contributed by atoms with Gasteiger partial charge in [-0.3, -0.25) is 9.59 Å². The quantitative estimate of drug-likeness (QED) is 0.805. The van der Waals surface area contributed by atoms with E-state index >= 15 is 0 Å². The molecule has 0 aromatic carbocycles. The van der Waals surface area contributed by atoms with Crippen molar-refractivity contribution in [1.82, 2.24) is 9.47 Å². The van der Waals surface area contributed by atoms with E-state index in [1.54, 1.807) is 16.7 Å². The molecular weight excluding hydrogens is 272 g/mol. The zero-order valence-electron chi connectivity index (χ0n) is 12.1. The van der Waals surface area contributed by atoms with Crippen LogP contribution in [0.25, 0.3) is 0 Å². The maximum Gasteiger partial charge on any atom is 0.305 e. The van der Waals surface area contributed by atoms with Crippen LogP contribution in [0.3, 0.4) is 0 Å². The Morgan fingerprint density at radius 2 is 2.05 bits per heavy atom. The van der Waals surface area contributed by atoms with Crippen LogP contribution in [0.15, 0.2) is 29.2 Å². The largest absolute Gasteiger partial charge is 0.481 e. The number of pyridine rings is 1. The van der Waals surface area contributed by atoms with Crippen molar-refractivity contribution in [2.75, 3.05) is 26.2 Å². The van der Waals surface area contributed by atoms with Gasteiger partial charge in [0.25, 0.3) is 5.56 Å². The Labute approximate surface area is 123 Å². The fourth-order valence-electron chi connectivity index (χ4n) is 2.51. The molecule has 6 nitrogen and oxygen atoms in total. The van der Waals surface area contributed by atoms with Gasteiger partial charge in [0.05, 0.1) is 19.1 Å². The zero-order valence-corrected chi connectivity index (χ0v) is 12.1. The van der Waals surface area contributed by atoms with Gasteiger partial charge in [-0.25, -0.2) is 0 Å². The first-order chi connectivity index (χ1) is 10.1. The third kappa shape index (κ3) is 5.32. The summed E-state index contributed by atoms with van der Waals surface area (Å²) in [4.78, 5) is 24.3. The molecule has 0 saturated carbocycles. The van der Waals surface area contributed by atoms with Crippen molar-refractivity contribution in [3.8, 4) is 0 Å². The Morgan fingerprint density at radius 1 is 1.29 bits per heavy atom. The van der Waals surface area contributed by atoms with Crippen LogP contribution in [0.1, 0.15) is 19.3 Å². The highest BCUT2D eigenvalue weighted by atomic mass is 16.5. The third-order valence-corrected chi connectivity index (χ3v) is 3.76. The number of aliphatic carboxylic acids is 1. The highest BCUT2D eigenvalue weighted by Crippen LogP contribution is 2.13. The average Bonchev–Trinajstić information content (AvgIpc) is 2.47. The van der Waals surface area contributed by atoms with Gasteiger partial charge in [-0.1, -0.05) is 6.07 Å². The van der Waals surface area contributed by atoms with E-state index in [0.29, 0.717) is 13.2 Å². The number of carboxylic acid groups (broad SMARTS) is 1. The molecule has 1 fully saturated rings. The molecule has 0 spiro atoms. The second-order valence-corrected chi connectivity index (χ2v) is 5.29. The number of likely N-dealkylation sites (tertiary alicyclic amines) is 1. The topological polar surface area (TPSA) is 71.8 Å². The van der Waals surface area contributed by atoms with Gasteiger partial charge in [0.1, 0.15) is 0 Å². The molecule has 1 saturated heterocycles. The SMILES string of the molecule is O=C(O)CCOC1CCN(CCn2ccccc2=O)CC1. The molecule has 0 bridgehead atoms. The number of carbonyl (C=O) groups is 1. The summed E-state index contributed by atoms with van der Waals surface area (Å²) in [6.45, 7) is 3.70. The number of aromatic nitrogens is 1. The van der Waals surface area contributed by atoms with Gasteiger partial charge in [0, 0.05) is 38.4 Å². The molecule has 1 N–H and O–H groups in total. The molecule has 1 aromatic heterocycles. The number of hydrogen-bond acceptors (Lipinski definition) is 4.